The van der Waals surface area contributed by atoms with Crippen molar-refractivity contribution in [3.05, 3.63) is 188 Å². The second kappa shape index (κ2) is 17.7. The number of allylic oxidation sites excluding steroid dienone is 2. The number of benzene rings is 6. The van der Waals surface area contributed by atoms with Gasteiger partial charge in [0.25, 0.3) is 0 Å². The first-order chi connectivity index (χ1) is 28.8. The number of hydrogen-bond donors (Lipinski definition) is 4. The number of rotatable bonds is 0. The zero-order chi connectivity index (χ0) is 42.5. The van der Waals surface area contributed by atoms with E-state index in [1.807, 2.05) is 100 Å². The second-order valence-corrected chi connectivity index (χ2v) is 15.5. The number of para-hydroxylation sites is 4. The lowest BCUT2D eigenvalue weighted by atomic mass is 9.96. The fourth-order valence-corrected chi connectivity index (χ4v) is 7.18. The smallest absolute Gasteiger partial charge is 0.127 e. The molecule has 0 saturated heterocycles. The molecule has 0 aliphatic carbocycles. The van der Waals surface area contributed by atoms with Gasteiger partial charge >= 0.3 is 0 Å². The molecule has 0 atom stereocenters. The zero-order valence-corrected chi connectivity index (χ0v) is 34.4. The Kier molecular flexibility index (Phi) is 12.0. The standard InChI is InChI=1S/C52H48N4O4/c1-31-19-37-11-7-15-41(49(37)57)27-53-45-23-33(3)35(5)25-47(45)55-29-43-17-9-13-39(51(43)59)21-32(2)22-40-14-10-18-44(52(40)60)30-56-48-26-36(6)34(4)24-46(48)54-28-42-16-8-12-38(20-31)50(42)58/h7-18,23-30,57-60H,1-2,19-22H2,3-6H3. The van der Waals surface area contributed by atoms with Crippen molar-refractivity contribution in [1.29, 1.82) is 0 Å². The summed E-state index contributed by atoms with van der Waals surface area (Å²) in [6.07, 6.45) is 8.02. The maximum absolute atomic E-state index is 11.4. The summed E-state index contributed by atoms with van der Waals surface area (Å²) in [7, 11) is 0. The summed E-state index contributed by atoms with van der Waals surface area (Å²) < 4.78 is 0. The molecule has 1 aliphatic heterocycles. The highest BCUT2D eigenvalue weighted by Crippen LogP contribution is 2.36. The molecule has 8 nitrogen and oxygen atoms in total. The molecular weight excluding hydrogens is 745 g/mol. The number of fused-ring (bicyclic) bond motifs is 10. The summed E-state index contributed by atoms with van der Waals surface area (Å²) in [5.41, 5.74) is 13.0. The average molecular weight is 793 g/mol. The Bertz CT molecular complexity index is 2420. The summed E-state index contributed by atoms with van der Waals surface area (Å²) in [5.74, 6) is 0.384. The van der Waals surface area contributed by atoms with Gasteiger partial charge in [-0.2, -0.15) is 0 Å². The van der Waals surface area contributed by atoms with Crippen molar-refractivity contribution in [2.24, 2.45) is 20.0 Å². The molecule has 0 saturated carbocycles. The zero-order valence-electron chi connectivity index (χ0n) is 34.4. The van der Waals surface area contributed by atoms with E-state index in [0.717, 1.165) is 33.4 Å². The largest absolute Gasteiger partial charge is 0.507 e. The van der Waals surface area contributed by atoms with Crippen LogP contribution in [0.2, 0.25) is 0 Å². The third kappa shape index (κ3) is 9.19. The highest BCUT2D eigenvalue weighted by atomic mass is 16.3. The third-order valence-corrected chi connectivity index (χ3v) is 10.9. The van der Waals surface area contributed by atoms with Gasteiger partial charge in [0.05, 0.1) is 22.7 Å². The first-order valence-electron chi connectivity index (χ1n) is 19.8. The molecule has 0 spiro atoms. The molecule has 6 aromatic rings. The molecule has 4 N–H and O–H groups in total. The average Bonchev–Trinajstić information content (AvgIpc) is 3.21. The van der Waals surface area contributed by atoms with Gasteiger partial charge in [-0.15, -0.1) is 0 Å². The third-order valence-electron chi connectivity index (χ3n) is 10.9. The van der Waals surface area contributed by atoms with Crippen LogP contribution < -0.4 is 0 Å². The lowest BCUT2D eigenvalue weighted by molar-refractivity contribution is 0.466. The van der Waals surface area contributed by atoms with Gasteiger partial charge in [0.15, 0.2) is 0 Å². The summed E-state index contributed by atoms with van der Waals surface area (Å²) in [4.78, 5) is 19.1. The predicted molar refractivity (Wildman–Crippen MR) is 246 cm³/mol. The Hall–Kier alpha value is -7.32. The molecule has 7 rings (SSSR count). The fourth-order valence-electron chi connectivity index (χ4n) is 7.18. The van der Waals surface area contributed by atoms with Gasteiger partial charge in [-0.25, -0.2) is 0 Å². The molecular formula is C52H48N4O4. The number of aryl methyl sites for hydroxylation is 4. The van der Waals surface area contributed by atoms with Gasteiger partial charge in [-0.1, -0.05) is 72.8 Å². The molecule has 300 valence electrons. The number of phenols is 4. The Labute approximate surface area is 351 Å². The number of hydrogen-bond acceptors (Lipinski definition) is 8. The van der Waals surface area contributed by atoms with E-state index in [0.29, 0.717) is 92.9 Å². The van der Waals surface area contributed by atoms with E-state index >= 15 is 0 Å². The molecule has 8 heteroatoms. The van der Waals surface area contributed by atoms with Crippen molar-refractivity contribution in [3.8, 4) is 23.0 Å². The summed E-state index contributed by atoms with van der Waals surface area (Å²) in [5, 5.41) is 45.6. The normalized spacial score (nSPS) is 13.5. The molecule has 0 fully saturated rings. The van der Waals surface area contributed by atoms with Crippen molar-refractivity contribution in [2.75, 3.05) is 0 Å². The van der Waals surface area contributed by atoms with Crippen LogP contribution in [0.1, 0.15) is 66.8 Å². The SMILES string of the molecule is C=C1Cc2cccc(c2O)C=Nc2cc(C)c(C)cc2N=Cc2cccc(c2O)CC(=C)Cc2cccc(c2O)C=Nc2cc(C)c(C)cc2N=Cc2cccc(c2O)C1. The van der Waals surface area contributed by atoms with Gasteiger partial charge in [0.2, 0.25) is 0 Å². The highest BCUT2D eigenvalue weighted by Gasteiger charge is 2.15. The van der Waals surface area contributed by atoms with Crippen LogP contribution in [0.3, 0.4) is 0 Å². The summed E-state index contributed by atoms with van der Waals surface area (Å²) in [6, 6.07) is 29.9. The van der Waals surface area contributed by atoms with E-state index in [2.05, 4.69) is 13.2 Å². The van der Waals surface area contributed by atoms with Crippen molar-refractivity contribution < 1.29 is 20.4 Å². The monoisotopic (exact) mass is 792 g/mol. The Balaban J connectivity index is 1.30. The van der Waals surface area contributed by atoms with Crippen molar-refractivity contribution in [2.45, 2.75) is 53.4 Å². The molecule has 0 radical (unpaired) electrons. The van der Waals surface area contributed by atoms with Crippen LogP contribution in [0.25, 0.3) is 0 Å². The van der Waals surface area contributed by atoms with Crippen LogP contribution in [-0.4, -0.2) is 45.3 Å². The van der Waals surface area contributed by atoms with Gasteiger partial charge in [-0.05, 0) is 146 Å². The van der Waals surface area contributed by atoms with Crippen LogP contribution >= 0.6 is 0 Å². The number of aliphatic imine (C=N–C) groups is 4. The Morgan fingerprint density at radius 1 is 0.367 bits per heavy atom. The molecule has 8 bridgehead atoms. The fraction of sp³-hybridized carbons (Fsp3) is 0.154. The maximum Gasteiger partial charge on any atom is 0.127 e. The number of phenolic OH excluding ortho intramolecular Hbond substituents is 4. The topological polar surface area (TPSA) is 130 Å². The van der Waals surface area contributed by atoms with Gasteiger partial charge in [0.1, 0.15) is 23.0 Å². The minimum atomic E-state index is 0.0960. The second-order valence-electron chi connectivity index (χ2n) is 15.5. The van der Waals surface area contributed by atoms with Gasteiger partial charge < -0.3 is 20.4 Å². The van der Waals surface area contributed by atoms with Crippen molar-refractivity contribution >= 4 is 47.6 Å². The first kappa shape index (κ1) is 40.9. The van der Waals surface area contributed by atoms with Crippen molar-refractivity contribution in [1.82, 2.24) is 0 Å². The molecule has 1 heterocycles. The van der Waals surface area contributed by atoms with E-state index in [-0.39, 0.29) is 23.0 Å². The lowest BCUT2D eigenvalue weighted by Crippen LogP contribution is -1.98. The van der Waals surface area contributed by atoms with Crippen LogP contribution in [0.15, 0.2) is 141 Å². The molecule has 0 unspecified atom stereocenters. The maximum atomic E-state index is 11.4. The van der Waals surface area contributed by atoms with Crippen molar-refractivity contribution in [3.63, 3.8) is 0 Å². The summed E-state index contributed by atoms with van der Waals surface area (Å²) in [6.45, 7) is 16.6. The van der Waals surface area contributed by atoms with Crippen LogP contribution in [0, 0.1) is 27.7 Å². The molecule has 6 aromatic carbocycles. The van der Waals surface area contributed by atoms with E-state index in [1.165, 1.54) is 0 Å². The van der Waals surface area contributed by atoms with Crippen LogP contribution in [0.5, 0.6) is 23.0 Å². The molecule has 60 heavy (non-hydrogen) atoms. The van der Waals surface area contributed by atoms with Gasteiger partial charge in [-0.3, -0.25) is 20.0 Å². The minimum absolute atomic E-state index is 0.0960. The first-order valence-corrected chi connectivity index (χ1v) is 19.8. The molecule has 0 aromatic heterocycles. The van der Waals surface area contributed by atoms with E-state index in [4.69, 9.17) is 20.0 Å². The molecule has 1 aliphatic rings. The van der Waals surface area contributed by atoms with Crippen LogP contribution in [0.4, 0.5) is 22.7 Å². The lowest BCUT2D eigenvalue weighted by Gasteiger charge is -2.12. The minimum Gasteiger partial charge on any atom is -0.507 e. The highest BCUT2D eigenvalue weighted by molar-refractivity contribution is 5.92. The molecule has 0 amide bonds. The number of nitrogens with zero attached hydrogens (tertiary/aromatic N) is 4. The van der Waals surface area contributed by atoms with Crippen LogP contribution in [-0.2, 0) is 25.7 Å². The Morgan fingerprint density at radius 3 is 0.800 bits per heavy atom. The predicted octanol–water partition coefficient (Wildman–Crippen LogP) is 11.7. The quantitative estimate of drug-likeness (QED) is 0.114. The van der Waals surface area contributed by atoms with E-state index < -0.39 is 0 Å². The summed E-state index contributed by atoms with van der Waals surface area (Å²) >= 11 is 0. The Morgan fingerprint density at radius 2 is 0.583 bits per heavy atom. The van der Waals surface area contributed by atoms with Gasteiger partial charge in [0, 0.05) is 47.1 Å². The van der Waals surface area contributed by atoms with E-state index in [1.54, 1.807) is 49.1 Å². The number of aromatic hydroxyl groups is 4. The van der Waals surface area contributed by atoms with E-state index in [9.17, 15) is 20.4 Å².